The van der Waals surface area contributed by atoms with Crippen molar-refractivity contribution in [1.29, 1.82) is 0 Å². The number of nitrogens with zero attached hydrogens (tertiary/aromatic N) is 3. The van der Waals surface area contributed by atoms with Crippen LogP contribution in [-0.4, -0.2) is 44.1 Å². The van der Waals surface area contributed by atoms with Crippen LogP contribution in [-0.2, 0) is 18.4 Å². The Morgan fingerprint density at radius 1 is 1.67 bits per heavy atom. The molecule has 0 radical (unpaired) electrons. The lowest BCUT2D eigenvalue weighted by molar-refractivity contribution is -0.134. The number of carbonyl (C=O) groups is 1. The SMILES string of the molecule is Cn1ccnc1CN(C(=O)C1CSCN1)C1CC1. The minimum atomic E-state index is -0.00383. The molecule has 1 aliphatic carbocycles. The Kier molecular flexibility index (Phi) is 3.30. The van der Waals surface area contributed by atoms with Gasteiger partial charge in [0.1, 0.15) is 5.82 Å². The summed E-state index contributed by atoms with van der Waals surface area (Å²) in [6, 6.07) is 0.428. The molecule has 1 aromatic rings. The van der Waals surface area contributed by atoms with Gasteiger partial charge in [0, 0.05) is 37.1 Å². The summed E-state index contributed by atoms with van der Waals surface area (Å²) in [6.45, 7) is 0.635. The van der Waals surface area contributed by atoms with Crippen LogP contribution in [0.4, 0.5) is 0 Å². The molecule has 18 heavy (non-hydrogen) atoms. The van der Waals surface area contributed by atoms with Crippen molar-refractivity contribution >= 4 is 17.7 Å². The molecule has 98 valence electrons. The van der Waals surface area contributed by atoms with Gasteiger partial charge in [-0.2, -0.15) is 0 Å². The molecule has 2 aliphatic rings. The topological polar surface area (TPSA) is 50.2 Å². The summed E-state index contributed by atoms with van der Waals surface area (Å²) in [4.78, 5) is 18.8. The second-order valence-electron chi connectivity index (χ2n) is 4.92. The third-order valence-electron chi connectivity index (χ3n) is 3.52. The molecule has 0 bridgehead atoms. The number of imidazole rings is 1. The molecule has 1 aromatic heterocycles. The molecular weight excluding hydrogens is 248 g/mol. The molecule has 1 saturated heterocycles. The summed E-state index contributed by atoms with van der Waals surface area (Å²) in [6.07, 6.45) is 5.98. The number of carbonyl (C=O) groups excluding carboxylic acids is 1. The quantitative estimate of drug-likeness (QED) is 0.866. The smallest absolute Gasteiger partial charge is 0.241 e. The first-order valence-electron chi connectivity index (χ1n) is 6.33. The number of aryl methyl sites for hydroxylation is 1. The Morgan fingerprint density at radius 3 is 3.06 bits per heavy atom. The lowest BCUT2D eigenvalue weighted by atomic mass is 10.2. The van der Waals surface area contributed by atoms with E-state index in [1.807, 2.05) is 22.7 Å². The second-order valence-corrected chi connectivity index (χ2v) is 5.95. The van der Waals surface area contributed by atoms with E-state index in [1.54, 1.807) is 18.0 Å². The van der Waals surface area contributed by atoms with Crippen LogP contribution >= 0.6 is 11.8 Å². The van der Waals surface area contributed by atoms with E-state index in [9.17, 15) is 4.79 Å². The number of aromatic nitrogens is 2. The zero-order valence-electron chi connectivity index (χ0n) is 10.5. The van der Waals surface area contributed by atoms with E-state index in [0.29, 0.717) is 12.6 Å². The Hall–Kier alpha value is -1.01. The molecule has 2 heterocycles. The fourth-order valence-electron chi connectivity index (χ4n) is 2.23. The first-order chi connectivity index (χ1) is 8.75. The maximum Gasteiger partial charge on any atom is 0.241 e. The van der Waals surface area contributed by atoms with Gasteiger partial charge in [0.15, 0.2) is 0 Å². The molecule has 1 atom stereocenters. The number of hydrogen-bond donors (Lipinski definition) is 1. The van der Waals surface area contributed by atoms with E-state index in [0.717, 1.165) is 30.3 Å². The number of hydrogen-bond acceptors (Lipinski definition) is 4. The van der Waals surface area contributed by atoms with Gasteiger partial charge in [0.25, 0.3) is 0 Å². The number of rotatable bonds is 4. The number of thioether (sulfide) groups is 1. The van der Waals surface area contributed by atoms with Crippen LogP contribution in [0.25, 0.3) is 0 Å². The monoisotopic (exact) mass is 266 g/mol. The van der Waals surface area contributed by atoms with Crippen molar-refractivity contribution in [2.75, 3.05) is 11.6 Å². The summed E-state index contributed by atoms with van der Waals surface area (Å²) in [7, 11) is 1.97. The van der Waals surface area contributed by atoms with E-state index in [2.05, 4.69) is 10.3 Å². The summed E-state index contributed by atoms with van der Waals surface area (Å²) >= 11 is 1.79. The van der Waals surface area contributed by atoms with Gasteiger partial charge < -0.3 is 9.47 Å². The molecule has 3 rings (SSSR count). The van der Waals surface area contributed by atoms with E-state index in [-0.39, 0.29) is 11.9 Å². The maximum atomic E-state index is 12.5. The standard InChI is InChI=1S/C12H18N4OS/c1-15-5-4-13-11(15)6-16(9-2-3-9)12(17)10-7-18-8-14-10/h4-5,9-10,14H,2-3,6-8H2,1H3. The molecule has 1 saturated carbocycles. The molecule has 1 amide bonds. The maximum absolute atomic E-state index is 12.5. The van der Waals surface area contributed by atoms with Gasteiger partial charge in [0.2, 0.25) is 5.91 Å². The van der Waals surface area contributed by atoms with Crippen LogP contribution in [0.15, 0.2) is 12.4 Å². The Morgan fingerprint density at radius 2 is 2.50 bits per heavy atom. The molecule has 0 aromatic carbocycles. The summed E-state index contributed by atoms with van der Waals surface area (Å²) in [5.74, 6) is 2.98. The highest BCUT2D eigenvalue weighted by atomic mass is 32.2. The second kappa shape index (κ2) is 4.93. The Bertz CT molecular complexity index is 437. The van der Waals surface area contributed by atoms with Crippen molar-refractivity contribution in [2.45, 2.75) is 31.5 Å². The van der Waals surface area contributed by atoms with Gasteiger partial charge in [0.05, 0.1) is 12.6 Å². The molecule has 5 nitrogen and oxygen atoms in total. The van der Waals surface area contributed by atoms with Gasteiger partial charge in [-0.05, 0) is 12.8 Å². The van der Waals surface area contributed by atoms with E-state index < -0.39 is 0 Å². The highest BCUT2D eigenvalue weighted by molar-refractivity contribution is 7.99. The van der Waals surface area contributed by atoms with Crippen LogP contribution < -0.4 is 5.32 Å². The van der Waals surface area contributed by atoms with Gasteiger partial charge >= 0.3 is 0 Å². The highest BCUT2D eigenvalue weighted by Crippen LogP contribution is 2.29. The fraction of sp³-hybridized carbons (Fsp3) is 0.667. The van der Waals surface area contributed by atoms with Crippen molar-refractivity contribution in [2.24, 2.45) is 7.05 Å². The zero-order valence-corrected chi connectivity index (χ0v) is 11.3. The van der Waals surface area contributed by atoms with Crippen molar-refractivity contribution < 1.29 is 4.79 Å². The normalized spacial score (nSPS) is 23.3. The molecule has 2 fully saturated rings. The predicted octanol–water partition coefficient (Wildman–Crippen LogP) is 0.574. The van der Waals surface area contributed by atoms with Crippen LogP contribution in [0.2, 0.25) is 0 Å². The van der Waals surface area contributed by atoms with Gasteiger partial charge in [-0.1, -0.05) is 0 Å². The molecule has 6 heteroatoms. The lowest BCUT2D eigenvalue weighted by Crippen LogP contribution is -2.45. The largest absolute Gasteiger partial charge is 0.337 e. The molecule has 1 N–H and O–H groups in total. The lowest BCUT2D eigenvalue weighted by Gasteiger charge is -2.25. The minimum Gasteiger partial charge on any atom is -0.337 e. The molecular formula is C12H18N4OS. The van der Waals surface area contributed by atoms with Crippen molar-refractivity contribution in [1.82, 2.24) is 19.8 Å². The van der Waals surface area contributed by atoms with Crippen LogP contribution in [0.3, 0.4) is 0 Å². The number of nitrogens with one attached hydrogen (secondary N) is 1. The predicted molar refractivity (Wildman–Crippen MR) is 71.0 cm³/mol. The van der Waals surface area contributed by atoms with Crippen molar-refractivity contribution in [3.8, 4) is 0 Å². The summed E-state index contributed by atoms with van der Waals surface area (Å²) in [5, 5.41) is 3.26. The van der Waals surface area contributed by atoms with Gasteiger partial charge in [-0.25, -0.2) is 4.98 Å². The highest BCUT2D eigenvalue weighted by Gasteiger charge is 2.37. The van der Waals surface area contributed by atoms with Gasteiger partial charge in [-0.3, -0.25) is 10.1 Å². The van der Waals surface area contributed by atoms with Crippen molar-refractivity contribution in [3.05, 3.63) is 18.2 Å². The third kappa shape index (κ3) is 2.40. The summed E-state index contributed by atoms with van der Waals surface area (Å²) in [5.41, 5.74) is 0. The Labute approximate surface area is 111 Å². The minimum absolute atomic E-state index is 0.00383. The van der Waals surface area contributed by atoms with E-state index in [1.165, 1.54) is 0 Å². The Balaban J connectivity index is 1.72. The van der Waals surface area contributed by atoms with E-state index in [4.69, 9.17) is 0 Å². The number of amides is 1. The molecule has 0 spiro atoms. The fourth-order valence-corrected chi connectivity index (χ4v) is 3.16. The third-order valence-corrected chi connectivity index (χ3v) is 4.46. The van der Waals surface area contributed by atoms with Crippen LogP contribution in [0.5, 0.6) is 0 Å². The van der Waals surface area contributed by atoms with Crippen LogP contribution in [0, 0.1) is 0 Å². The molecule has 1 unspecified atom stereocenters. The first kappa shape index (κ1) is 12.0. The van der Waals surface area contributed by atoms with E-state index >= 15 is 0 Å². The molecule has 1 aliphatic heterocycles. The zero-order chi connectivity index (χ0) is 12.5. The first-order valence-corrected chi connectivity index (χ1v) is 7.49. The average Bonchev–Trinajstić information content (AvgIpc) is 2.90. The van der Waals surface area contributed by atoms with Crippen LogP contribution in [0.1, 0.15) is 18.7 Å². The summed E-state index contributed by atoms with van der Waals surface area (Å²) < 4.78 is 1.99. The van der Waals surface area contributed by atoms with Gasteiger partial charge in [-0.15, -0.1) is 11.8 Å². The van der Waals surface area contributed by atoms with Crippen molar-refractivity contribution in [3.63, 3.8) is 0 Å². The average molecular weight is 266 g/mol.